The highest BCUT2D eigenvalue weighted by Gasteiger charge is 2.50. The molecule has 1 saturated carbocycles. The molecular formula is C13H23N3O2. The third-order valence-corrected chi connectivity index (χ3v) is 3.51. The van der Waals surface area contributed by atoms with Gasteiger partial charge in [-0.2, -0.15) is 4.98 Å². The van der Waals surface area contributed by atoms with Crippen LogP contribution in [0.15, 0.2) is 4.52 Å². The van der Waals surface area contributed by atoms with Crippen LogP contribution in [0.1, 0.15) is 58.2 Å². The van der Waals surface area contributed by atoms with E-state index in [1.54, 1.807) is 0 Å². The monoisotopic (exact) mass is 253 g/mol. The number of nitrogens with zero attached hydrogens (tertiary/aromatic N) is 2. The van der Waals surface area contributed by atoms with E-state index in [0.29, 0.717) is 30.8 Å². The van der Waals surface area contributed by atoms with Crippen molar-refractivity contribution in [2.75, 3.05) is 13.2 Å². The first-order chi connectivity index (χ1) is 8.37. The molecular weight excluding hydrogens is 230 g/mol. The lowest BCUT2D eigenvalue weighted by Gasteiger charge is -2.19. The van der Waals surface area contributed by atoms with Gasteiger partial charge in [0.15, 0.2) is 5.82 Å². The molecule has 2 N–H and O–H groups in total. The Bertz CT molecular complexity index is 412. The second-order valence-corrected chi connectivity index (χ2v) is 6.17. The zero-order chi connectivity index (χ0) is 13.4. The van der Waals surface area contributed by atoms with Gasteiger partial charge in [-0.05, 0) is 25.2 Å². The summed E-state index contributed by atoms with van der Waals surface area (Å²) in [4.78, 5) is 4.44. The number of ether oxygens (including phenoxy) is 1. The van der Waals surface area contributed by atoms with Crippen LogP contribution < -0.4 is 5.73 Å². The van der Waals surface area contributed by atoms with Gasteiger partial charge >= 0.3 is 0 Å². The average Bonchev–Trinajstić information content (AvgIpc) is 2.75. The van der Waals surface area contributed by atoms with Crippen molar-refractivity contribution in [1.82, 2.24) is 10.1 Å². The number of hydrogen-bond donors (Lipinski definition) is 1. The summed E-state index contributed by atoms with van der Waals surface area (Å²) in [5, 5.41) is 4.00. The molecule has 1 aliphatic rings. The predicted molar refractivity (Wildman–Crippen MR) is 68.1 cm³/mol. The largest absolute Gasteiger partial charge is 0.379 e. The molecule has 2 unspecified atom stereocenters. The first-order valence-corrected chi connectivity index (χ1v) is 6.57. The molecule has 1 heterocycles. The third-order valence-electron chi connectivity index (χ3n) is 3.51. The summed E-state index contributed by atoms with van der Waals surface area (Å²) in [5.41, 5.74) is 5.77. The Morgan fingerprint density at radius 3 is 2.78 bits per heavy atom. The Kier molecular flexibility index (Phi) is 3.47. The quantitative estimate of drug-likeness (QED) is 0.786. The Balaban J connectivity index is 2.00. The molecule has 2 atom stereocenters. The van der Waals surface area contributed by atoms with E-state index in [-0.39, 0.29) is 5.41 Å². The molecule has 1 aromatic heterocycles. The maximum absolute atomic E-state index is 6.17. The fraction of sp³-hybridized carbons (Fsp3) is 0.846. The van der Waals surface area contributed by atoms with Crippen LogP contribution in [0.5, 0.6) is 0 Å². The van der Waals surface area contributed by atoms with Crippen molar-refractivity contribution in [2.45, 2.75) is 52.0 Å². The molecule has 2 rings (SSSR count). The molecule has 0 radical (unpaired) electrons. The lowest BCUT2D eigenvalue weighted by Crippen LogP contribution is -2.39. The van der Waals surface area contributed by atoms with Crippen molar-refractivity contribution in [3.05, 3.63) is 11.7 Å². The fourth-order valence-corrected chi connectivity index (χ4v) is 1.99. The highest BCUT2D eigenvalue weighted by molar-refractivity contribution is 5.14. The number of aromatic nitrogens is 2. The van der Waals surface area contributed by atoms with E-state index >= 15 is 0 Å². The highest BCUT2D eigenvalue weighted by Crippen LogP contribution is 2.58. The van der Waals surface area contributed by atoms with Crippen LogP contribution in [0.3, 0.4) is 0 Å². The second kappa shape index (κ2) is 4.63. The first-order valence-electron chi connectivity index (χ1n) is 6.57. The molecule has 0 bridgehead atoms. The molecule has 1 fully saturated rings. The summed E-state index contributed by atoms with van der Waals surface area (Å²) in [6.45, 7) is 9.45. The molecule has 102 valence electrons. The van der Waals surface area contributed by atoms with Crippen molar-refractivity contribution in [1.29, 1.82) is 0 Å². The van der Waals surface area contributed by atoms with Crippen LogP contribution in [0.25, 0.3) is 0 Å². The van der Waals surface area contributed by atoms with Crippen molar-refractivity contribution in [2.24, 2.45) is 11.1 Å². The third kappa shape index (κ3) is 2.72. The molecule has 0 aromatic carbocycles. The summed E-state index contributed by atoms with van der Waals surface area (Å²) < 4.78 is 10.8. The van der Waals surface area contributed by atoms with Gasteiger partial charge < -0.3 is 15.0 Å². The number of hydrogen-bond acceptors (Lipinski definition) is 5. The van der Waals surface area contributed by atoms with Crippen LogP contribution in [0.2, 0.25) is 0 Å². The SMILES string of the molecule is CCCOCC(C)(N)c1noc(C2CC2(C)C)n1. The van der Waals surface area contributed by atoms with Crippen LogP contribution in [-0.2, 0) is 10.3 Å². The maximum Gasteiger partial charge on any atom is 0.230 e. The molecule has 1 aromatic rings. The van der Waals surface area contributed by atoms with Gasteiger partial charge in [-0.3, -0.25) is 0 Å². The fourth-order valence-electron chi connectivity index (χ4n) is 1.99. The van der Waals surface area contributed by atoms with E-state index in [1.807, 2.05) is 6.92 Å². The van der Waals surface area contributed by atoms with Crippen molar-refractivity contribution >= 4 is 0 Å². The lowest BCUT2D eigenvalue weighted by atomic mass is 10.1. The first kappa shape index (κ1) is 13.5. The normalized spacial score (nSPS) is 24.8. The van der Waals surface area contributed by atoms with Gasteiger partial charge in [0.25, 0.3) is 0 Å². The van der Waals surface area contributed by atoms with Crippen molar-refractivity contribution in [3.63, 3.8) is 0 Å². The molecule has 0 amide bonds. The van der Waals surface area contributed by atoms with E-state index < -0.39 is 5.54 Å². The molecule has 0 aliphatic heterocycles. The molecule has 0 spiro atoms. The second-order valence-electron chi connectivity index (χ2n) is 6.17. The van der Waals surface area contributed by atoms with E-state index in [2.05, 4.69) is 30.9 Å². The van der Waals surface area contributed by atoms with E-state index in [4.69, 9.17) is 15.0 Å². The lowest BCUT2D eigenvalue weighted by molar-refractivity contribution is 0.0867. The summed E-state index contributed by atoms with van der Waals surface area (Å²) in [6, 6.07) is 0. The minimum atomic E-state index is -0.685. The van der Waals surface area contributed by atoms with Gasteiger partial charge in [0, 0.05) is 12.5 Å². The average molecular weight is 253 g/mol. The standard InChI is InChI=1S/C13H23N3O2/c1-5-6-17-8-13(4,14)11-15-10(18-16-11)9-7-12(9,2)3/h9H,5-8,14H2,1-4H3. The summed E-state index contributed by atoms with van der Waals surface area (Å²) in [7, 11) is 0. The zero-order valence-electron chi connectivity index (χ0n) is 11.7. The van der Waals surface area contributed by atoms with Gasteiger partial charge in [0.1, 0.15) is 5.54 Å². The number of rotatable bonds is 6. The Labute approximate surface area is 108 Å². The Hall–Kier alpha value is -0.940. The topological polar surface area (TPSA) is 74.2 Å². The summed E-state index contributed by atoms with van der Waals surface area (Å²) in [5.74, 6) is 1.63. The van der Waals surface area contributed by atoms with Crippen LogP contribution in [-0.4, -0.2) is 23.4 Å². The molecule has 0 saturated heterocycles. The van der Waals surface area contributed by atoms with Gasteiger partial charge in [-0.15, -0.1) is 0 Å². The van der Waals surface area contributed by atoms with E-state index in [0.717, 1.165) is 12.8 Å². The minimum absolute atomic E-state index is 0.285. The van der Waals surface area contributed by atoms with Crippen molar-refractivity contribution in [3.8, 4) is 0 Å². The Morgan fingerprint density at radius 1 is 1.56 bits per heavy atom. The molecule has 5 heteroatoms. The minimum Gasteiger partial charge on any atom is -0.379 e. The maximum atomic E-state index is 6.17. The predicted octanol–water partition coefficient (Wildman–Crippen LogP) is 2.18. The number of nitrogens with two attached hydrogens (primary N) is 1. The highest BCUT2D eigenvalue weighted by atomic mass is 16.5. The van der Waals surface area contributed by atoms with Crippen LogP contribution in [0.4, 0.5) is 0 Å². The van der Waals surface area contributed by atoms with E-state index in [1.165, 1.54) is 0 Å². The van der Waals surface area contributed by atoms with Crippen LogP contribution in [0, 0.1) is 5.41 Å². The smallest absolute Gasteiger partial charge is 0.230 e. The molecule has 5 nitrogen and oxygen atoms in total. The van der Waals surface area contributed by atoms with Gasteiger partial charge in [0.05, 0.1) is 6.61 Å². The van der Waals surface area contributed by atoms with E-state index in [9.17, 15) is 0 Å². The molecule has 1 aliphatic carbocycles. The zero-order valence-corrected chi connectivity index (χ0v) is 11.7. The van der Waals surface area contributed by atoms with Gasteiger partial charge in [0.2, 0.25) is 5.89 Å². The van der Waals surface area contributed by atoms with Crippen molar-refractivity contribution < 1.29 is 9.26 Å². The Morgan fingerprint density at radius 2 is 2.22 bits per heavy atom. The summed E-state index contributed by atoms with van der Waals surface area (Å²) >= 11 is 0. The van der Waals surface area contributed by atoms with Gasteiger partial charge in [-0.1, -0.05) is 25.9 Å². The summed E-state index contributed by atoms with van der Waals surface area (Å²) in [6.07, 6.45) is 2.08. The van der Waals surface area contributed by atoms with Gasteiger partial charge in [-0.25, -0.2) is 0 Å². The van der Waals surface area contributed by atoms with Crippen LogP contribution >= 0.6 is 0 Å². The molecule has 18 heavy (non-hydrogen) atoms.